The van der Waals surface area contributed by atoms with Crippen LogP contribution in [0.2, 0.25) is 0 Å². The van der Waals surface area contributed by atoms with Crippen molar-refractivity contribution in [1.29, 1.82) is 0 Å². The Morgan fingerprint density at radius 2 is 2.07 bits per heavy atom. The first kappa shape index (κ1) is 19.3. The Labute approximate surface area is 175 Å². The van der Waals surface area contributed by atoms with Crippen molar-refractivity contribution in [2.24, 2.45) is 0 Å². The second-order valence-corrected chi connectivity index (χ2v) is 9.06. The fraction of sp³-hybridized carbons (Fsp3) is 0.579. The Kier molecular flexibility index (Phi) is 4.86. The number of nitrogens with zero attached hydrogens (tertiary/aromatic N) is 3. The maximum atomic E-state index is 12.9. The molecule has 5 rings (SSSR count). The molecule has 10 nitrogen and oxygen atoms in total. The number of thiophene rings is 1. The van der Waals surface area contributed by atoms with Gasteiger partial charge < -0.3 is 19.5 Å². The van der Waals surface area contributed by atoms with E-state index in [-0.39, 0.29) is 13.0 Å². The number of aromatic nitrogens is 2. The summed E-state index contributed by atoms with van der Waals surface area (Å²) in [6.45, 7) is -0.00338. The third-order valence-electron chi connectivity index (χ3n) is 5.72. The Hall–Kier alpha value is -2.66. The summed E-state index contributed by atoms with van der Waals surface area (Å²) in [6, 6.07) is -0.528. The van der Waals surface area contributed by atoms with Gasteiger partial charge in [0.05, 0.1) is 18.2 Å². The van der Waals surface area contributed by atoms with E-state index >= 15 is 0 Å². The average molecular weight is 434 g/mol. The number of aryl methyl sites for hydroxylation is 1. The lowest BCUT2D eigenvalue weighted by atomic mass is 9.95. The number of amides is 2. The fourth-order valence-corrected chi connectivity index (χ4v) is 5.38. The predicted octanol–water partition coefficient (Wildman–Crippen LogP) is 3.17. The largest absolute Gasteiger partial charge is 0.507 e. The van der Waals surface area contributed by atoms with Gasteiger partial charge in [-0.3, -0.25) is 10.2 Å². The summed E-state index contributed by atoms with van der Waals surface area (Å²) in [6.07, 6.45) is 2.77. The summed E-state index contributed by atoms with van der Waals surface area (Å²) in [4.78, 5) is 30.8. The summed E-state index contributed by atoms with van der Waals surface area (Å²) in [7, 11) is 0. The molecule has 30 heavy (non-hydrogen) atoms. The average Bonchev–Trinajstić information content (AvgIpc) is 3.15. The standard InChI is InChI=1S/C19H22N4O6S/c24-10-7-13(28-19(26)27)23(8-10)18(25)21-17-14(11-3-1-2-4-12(11)30-17)16-20-15(22-29-16)9-5-6-9/h9-10,13,24H,1-8H2,(H,21,25)(H,26,27)/t10-,13-/m1/s1. The number of urea groups is 1. The van der Waals surface area contributed by atoms with Crippen molar-refractivity contribution < 1.29 is 29.1 Å². The van der Waals surface area contributed by atoms with Crippen LogP contribution in [-0.4, -0.2) is 56.3 Å². The second-order valence-electron chi connectivity index (χ2n) is 7.96. The first-order chi connectivity index (χ1) is 14.5. The number of ether oxygens (including phenoxy) is 1. The predicted molar refractivity (Wildman–Crippen MR) is 105 cm³/mol. The van der Waals surface area contributed by atoms with Crippen LogP contribution < -0.4 is 5.32 Å². The van der Waals surface area contributed by atoms with E-state index in [0.29, 0.717) is 22.6 Å². The molecule has 1 aliphatic heterocycles. The Bertz CT molecular complexity index is 984. The van der Waals surface area contributed by atoms with E-state index in [1.54, 1.807) is 0 Å². The van der Waals surface area contributed by atoms with Gasteiger partial charge in [0.15, 0.2) is 12.1 Å². The van der Waals surface area contributed by atoms with Gasteiger partial charge in [-0.25, -0.2) is 9.59 Å². The molecule has 0 spiro atoms. The number of hydrogen-bond donors (Lipinski definition) is 3. The maximum Gasteiger partial charge on any atom is 0.507 e. The monoisotopic (exact) mass is 434 g/mol. The van der Waals surface area contributed by atoms with Crippen LogP contribution in [0, 0.1) is 0 Å². The number of carbonyl (C=O) groups is 2. The van der Waals surface area contributed by atoms with Crippen molar-refractivity contribution in [1.82, 2.24) is 15.0 Å². The normalized spacial score (nSPS) is 23.3. The first-order valence-electron chi connectivity index (χ1n) is 10.1. The van der Waals surface area contributed by atoms with Crippen LogP contribution in [-0.2, 0) is 17.6 Å². The van der Waals surface area contributed by atoms with E-state index < -0.39 is 24.5 Å². The van der Waals surface area contributed by atoms with E-state index in [1.807, 2.05) is 0 Å². The van der Waals surface area contributed by atoms with Crippen LogP contribution in [0.1, 0.15) is 54.3 Å². The molecule has 2 fully saturated rings. The number of nitrogens with one attached hydrogen (secondary N) is 1. The molecule has 2 amide bonds. The Morgan fingerprint density at radius 3 is 2.83 bits per heavy atom. The molecular weight excluding hydrogens is 412 g/mol. The molecule has 0 aromatic carbocycles. The quantitative estimate of drug-likeness (QED) is 0.624. The topological polar surface area (TPSA) is 138 Å². The molecule has 2 aliphatic carbocycles. The Balaban J connectivity index is 1.44. The first-order valence-corrected chi connectivity index (χ1v) is 10.9. The molecule has 0 bridgehead atoms. The highest BCUT2D eigenvalue weighted by Crippen LogP contribution is 2.45. The third-order valence-corrected chi connectivity index (χ3v) is 6.92. The number of carboxylic acid groups (broad SMARTS) is 1. The highest BCUT2D eigenvalue weighted by molar-refractivity contribution is 7.17. The van der Waals surface area contributed by atoms with Gasteiger partial charge in [-0.2, -0.15) is 4.98 Å². The van der Waals surface area contributed by atoms with E-state index in [1.165, 1.54) is 21.1 Å². The van der Waals surface area contributed by atoms with Crippen LogP contribution in [0.5, 0.6) is 0 Å². The van der Waals surface area contributed by atoms with Crippen molar-refractivity contribution in [3.8, 4) is 11.5 Å². The van der Waals surface area contributed by atoms with Crippen molar-refractivity contribution in [2.75, 3.05) is 11.9 Å². The van der Waals surface area contributed by atoms with Crippen molar-refractivity contribution in [3.05, 3.63) is 16.3 Å². The highest BCUT2D eigenvalue weighted by atomic mass is 32.1. The van der Waals surface area contributed by atoms with Gasteiger partial charge in [0, 0.05) is 17.2 Å². The molecular formula is C19H22N4O6S. The lowest BCUT2D eigenvalue weighted by Crippen LogP contribution is -2.41. The summed E-state index contributed by atoms with van der Waals surface area (Å²) < 4.78 is 10.3. The van der Waals surface area contributed by atoms with Crippen LogP contribution in [0.4, 0.5) is 14.6 Å². The molecule has 0 unspecified atom stereocenters. The number of likely N-dealkylation sites (tertiary alicyclic amines) is 1. The zero-order valence-corrected chi connectivity index (χ0v) is 17.0. The molecule has 160 valence electrons. The number of anilines is 1. The van der Waals surface area contributed by atoms with Gasteiger partial charge in [0.1, 0.15) is 5.00 Å². The zero-order chi connectivity index (χ0) is 20.8. The van der Waals surface area contributed by atoms with Gasteiger partial charge in [-0.05, 0) is 44.1 Å². The minimum absolute atomic E-state index is 0.00338. The van der Waals surface area contributed by atoms with E-state index in [2.05, 4.69) is 15.5 Å². The molecule has 1 saturated carbocycles. The smallest absolute Gasteiger partial charge is 0.450 e. The van der Waals surface area contributed by atoms with Crippen molar-refractivity contribution in [3.63, 3.8) is 0 Å². The van der Waals surface area contributed by atoms with Crippen LogP contribution in [0.3, 0.4) is 0 Å². The molecule has 11 heteroatoms. The molecule has 0 radical (unpaired) electrons. The number of aliphatic hydroxyl groups is 1. The molecule has 3 N–H and O–H groups in total. The summed E-state index contributed by atoms with van der Waals surface area (Å²) in [5, 5.41) is 26.4. The third kappa shape index (κ3) is 3.63. The molecule has 3 heterocycles. The Morgan fingerprint density at radius 1 is 1.27 bits per heavy atom. The minimum atomic E-state index is -1.49. The SMILES string of the molecule is O=C(O)O[C@@H]1C[C@@H](O)CN1C(=O)Nc1sc2c(c1-c1nc(C3CC3)no1)CCCC2. The van der Waals surface area contributed by atoms with Crippen molar-refractivity contribution in [2.45, 2.75) is 63.2 Å². The number of aliphatic hydroxyl groups excluding tert-OH is 1. The molecule has 2 aromatic rings. The molecule has 2 aromatic heterocycles. The lowest BCUT2D eigenvalue weighted by molar-refractivity contribution is 0.00396. The zero-order valence-electron chi connectivity index (χ0n) is 16.2. The molecule has 2 atom stereocenters. The maximum absolute atomic E-state index is 12.9. The molecule has 1 saturated heterocycles. The van der Waals surface area contributed by atoms with Crippen LogP contribution >= 0.6 is 11.3 Å². The summed E-state index contributed by atoms with van der Waals surface area (Å²) in [5.41, 5.74) is 1.89. The summed E-state index contributed by atoms with van der Waals surface area (Å²) in [5.74, 6) is 1.47. The van der Waals surface area contributed by atoms with Gasteiger partial charge in [0.2, 0.25) is 0 Å². The van der Waals surface area contributed by atoms with Crippen molar-refractivity contribution >= 4 is 28.5 Å². The number of β-amino-alcohol motifs (C(OH)–C–C–N with tert-alkyl or cyclic N) is 1. The summed E-state index contributed by atoms with van der Waals surface area (Å²) >= 11 is 1.49. The molecule has 3 aliphatic rings. The van der Waals surface area contributed by atoms with E-state index in [9.17, 15) is 14.7 Å². The van der Waals surface area contributed by atoms with E-state index in [4.69, 9.17) is 14.4 Å². The highest BCUT2D eigenvalue weighted by Gasteiger charge is 2.38. The number of carbonyl (C=O) groups excluding carboxylic acids is 1. The van der Waals surface area contributed by atoms with Crippen LogP contribution in [0.15, 0.2) is 4.52 Å². The number of hydrogen-bond acceptors (Lipinski definition) is 8. The minimum Gasteiger partial charge on any atom is -0.450 e. The van der Waals surface area contributed by atoms with Crippen LogP contribution in [0.25, 0.3) is 11.5 Å². The number of rotatable bonds is 4. The lowest BCUT2D eigenvalue weighted by Gasteiger charge is -2.23. The van der Waals surface area contributed by atoms with E-state index in [0.717, 1.165) is 49.7 Å². The van der Waals surface area contributed by atoms with Gasteiger partial charge in [-0.15, -0.1) is 11.3 Å². The fourth-order valence-electron chi connectivity index (χ4n) is 4.11. The number of fused-ring (bicyclic) bond motifs is 1. The van der Waals surface area contributed by atoms with Gasteiger partial charge in [0.25, 0.3) is 5.89 Å². The van der Waals surface area contributed by atoms with Gasteiger partial charge >= 0.3 is 12.2 Å². The van der Waals surface area contributed by atoms with Gasteiger partial charge in [-0.1, -0.05) is 5.16 Å². The second kappa shape index (κ2) is 7.55.